The highest BCUT2D eigenvalue weighted by molar-refractivity contribution is 5.59. The maximum atomic E-state index is 13.2. The summed E-state index contributed by atoms with van der Waals surface area (Å²) in [6.45, 7) is 4.96. The molecule has 0 fully saturated rings. The Bertz CT molecular complexity index is 576. The summed E-state index contributed by atoms with van der Waals surface area (Å²) >= 11 is 0. The Kier molecular flexibility index (Phi) is 3.13. The molecular formula is C14H15FN2O. The van der Waals surface area contributed by atoms with Crippen LogP contribution in [0.4, 0.5) is 4.39 Å². The van der Waals surface area contributed by atoms with Crippen molar-refractivity contribution in [2.45, 2.75) is 26.4 Å². The van der Waals surface area contributed by atoms with E-state index in [1.807, 2.05) is 0 Å². The van der Waals surface area contributed by atoms with Gasteiger partial charge in [0, 0.05) is 11.8 Å². The summed E-state index contributed by atoms with van der Waals surface area (Å²) in [5.41, 5.74) is 0.952. The highest BCUT2D eigenvalue weighted by Gasteiger charge is 2.19. The number of nitrogens with zero attached hydrogens (tertiary/aromatic N) is 2. The molecule has 1 aromatic heterocycles. The smallest absolute Gasteiger partial charge is 0.159 e. The van der Waals surface area contributed by atoms with E-state index in [9.17, 15) is 9.50 Å². The number of aryl methyl sites for hydroxylation is 1. The van der Waals surface area contributed by atoms with Gasteiger partial charge in [-0.3, -0.25) is 0 Å². The van der Waals surface area contributed by atoms with Gasteiger partial charge in [0.05, 0.1) is 5.69 Å². The van der Waals surface area contributed by atoms with Gasteiger partial charge in [-0.15, -0.1) is 0 Å². The molecule has 0 radical (unpaired) electrons. The Morgan fingerprint density at radius 1 is 1.22 bits per heavy atom. The van der Waals surface area contributed by atoms with Crippen molar-refractivity contribution in [2.24, 2.45) is 0 Å². The fraction of sp³-hybridized carbons (Fsp3) is 0.286. The quantitative estimate of drug-likeness (QED) is 0.886. The van der Waals surface area contributed by atoms with Gasteiger partial charge in [0.1, 0.15) is 11.4 Å². The first-order valence-electron chi connectivity index (χ1n) is 5.70. The van der Waals surface area contributed by atoms with Crippen molar-refractivity contribution in [2.75, 3.05) is 0 Å². The Balaban J connectivity index is 2.48. The summed E-state index contributed by atoms with van der Waals surface area (Å²) in [6, 6.07) is 6.54. The number of aliphatic hydroxyl groups is 1. The lowest BCUT2D eigenvalue weighted by Crippen LogP contribution is -2.19. The Morgan fingerprint density at radius 3 is 2.56 bits per heavy atom. The topological polar surface area (TPSA) is 46.0 Å². The van der Waals surface area contributed by atoms with Crippen molar-refractivity contribution in [3.8, 4) is 11.3 Å². The molecule has 0 unspecified atom stereocenters. The second-order valence-corrected chi connectivity index (χ2v) is 4.79. The minimum absolute atomic E-state index is 0.240. The Morgan fingerprint density at radius 2 is 1.94 bits per heavy atom. The predicted octanol–water partition coefficient (Wildman–Crippen LogP) is 2.82. The van der Waals surface area contributed by atoms with Gasteiger partial charge in [0.2, 0.25) is 0 Å². The molecule has 0 bridgehead atoms. The van der Waals surface area contributed by atoms with Crippen LogP contribution in [0, 0.1) is 12.7 Å². The summed E-state index contributed by atoms with van der Waals surface area (Å²) in [5, 5.41) is 9.87. The highest BCUT2D eigenvalue weighted by Crippen LogP contribution is 2.22. The summed E-state index contributed by atoms with van der Waals surface area (Å²) < 4.78 is 13.2. The summed E-state index contributed by atoms with van der Waals surface area (Å²) in [7, 11) is 0. The molecule has 0 aliphatic heterocycles. The van der Waals surface area contributed by atoms with Crippen molar-refractivity contribution in [3.63, 3.8) is 0 Å². The van der Waals surface area contributed by atoms with Gasteiger partial charge < -0.3 is 5.11 Å². The highest BCUT2D eigenvalue weighted by atomic mass is 19.1. The molecule has 0 atom stereocenters. The lowest BCUT2D eigenvalue weighted by Gasteiger charge is -2.15. The summed E-state index contributed by atoms with van der Waals surface area (Å²) in [5.74, 6) is 0.109. The number of rotatable bonds is 2. The Labute approximate surface area is 105 Å². The first-order valence-corrected chi connectivity index (χ1v) is 5.70. The standard InChI is InChI=1S/C14H15FN2O/c1-9-8-10(4-5-11(9)15)12-6-7-16-13(17-12)14(2,3)18/h4-8,18H,1-3H3. The van der Waals surface area contributed by atoms with E-state index in [-0.39, 0.29) is 5.82 Å². The average molecular weight is 246 g/mol. The zero-order valence-electron chi connectivity index (χ0n) is 10.6. The lowest BCUT2D eigenvalue weighted by atomic mass is 10.1. The molecule has 0 saturated heterocycles. The monoisotopic (exact) mass is 246 g/mol. The average Bonchev–Trinajstić information content (AvgIpc) is 2.32. The molecule has 0 spiro atoms. The molecule has 0 aliphatic carbocycles. The van der Waals surface area contributed by atoms with E-state index in [4.69, 9.17) is 0 Å². The molecule has 1 N–H and O–H groups in total. The van der Waals surface area contributed by atoms with E-state index in [0.29, 0.717) is 17.1 Å². The third kappa shape index (κ3) is 2.54. The summed E-state index contributed by atoms with van der Waals surface area (Å²) in [6.07, 6.45) is 1.59. The van der Waals surface area contributed by atoms with Crippen molar-refractivity contribution >= 4 is 0 Å². The first kappa shape index (κ1) is 12.6. The van der Waals surface area contributed by atoms with Gasteiger partial charge in [-0.05, 0) is 50.6 Å². The molecule has 2 rings (SSSR count). The van der Waals surface area contributed by atoms with Gasteiger partial charge in [0.25, 0.3) is 0 Å². The zero-order valence-corrected chi connectivity index (χ0v) is 10.6. The number of hydrogen-bond donors (Lipinski definition) is 1. The molecule has 1 aromatic carbocycles. The maximum absolute atomic E-state index is 13.2. The van der Waals surface area contributed by atoms with Crippen LogP contribution in [0.15, 0.2) is 30.5 Å². The molecule has 4 heteroatoms. The molecular weight excluding hydrogens is 231 g/mol. The second kappa shape index (κ2) is 4.46. The van der Waals surface area contributed by atoms with E-state index in [2.05, 4.69) is 9.97 Å². The van der Waals surface area contributed by atoms with E-state index in [0.717, 1.165) is 5.56 Å². The lowest BCUT2D eigenvalue weighted by molar-refractivity contribution is 0.0688. The molecule has 94 valence electrons. The molecule has 0 amide bonds. The van der Waals surface area contributed by atoms with E-state index in [1.54, 1.807) is 45.2 Å². The second-order valence-electron chi connectivity index (χ2n) is 4.79. The molecule has 1 heterocycles. The van der Waals surface area contributed by atoms with Crippen LogP contribution in [-0.2, 0) is 5.60 Å². The van der Waals surface area contributed by atoms with Crippen LogP contribution >= 0.6 is 0 Å². The van der Waals surface area contributed by atoms with Crippen LogP contribution in [0.5, 0.6) is 0 Å². The van der Waals surface area contributed by atoms with Crippen LogP contribution < -0.4 is 0 Å². The van der Waals surface area contributed by atoms with Crippen molar-refractivity contribution in [1.29, 1.82) is 0 Å². The van der Waals surface area contributed by atoms with Gasteiger partial charge in [0.15, 0.2) is 5.82 Å². The van der Waals surface area contributed by atoms with Crippen LogP contribution in [0.25, 0.3) is 11.3 Å². The van der Waals surface area contributed by atoms with Crippen LogP contribution in [-0.4, -0.2) is 15.1 Å². The van der Waals surface area contributed by atoms with Crippen molar-refractivity contribution in [1.82, 2.24) is 9.97 Å². The minimum Gasteiger partial charge on any atom is -0.382 e. The SMILES string of the molecule is Cc1cc(-c2ccnc(C(C)(C)O)n2)ccc1F. The third-order valence-electron chi connectivity index (χ3n) is 2.66. The molecule has 0 aliphatic rings. The normalized spacial score (nSPS) is 11.6. The summed E-state index contributed by atoms with van der Waals surface area (Å²) in [4.78, 5) is 8.34. The largest absolute Gasteiger partial charge is 0.382 e. The maximum Gasteiger partial charge on any atom is 0.159 e. The Hall–Kier alpha value is -1.81. The van der Waals surface area contributed by atoms with Gasteiger partial charge in [-0.2, -0.15) is 0 Å². The van der Waals surface area contributed by atoms with Crippen LogP contribution in [0.2, 0.25) is 0 Å². The van der Waals surface area contributed by atoms with Crippen LogP contribution in [0.3, 0.4) is 0 Å². The molecule has 3 nitrogen and oxygen atoms in total. The van der Waals surface area contributed by atoms with Gasteiger partial charge in [-0.1, -0.05) is 0 Å². The molecule has 2 aromatic rings. The molecule has 18 heavy (non-hydrogen) atoms. The number of benzene rings is 1. The fourth-order valence-corrected chi connectivity index (χ4v) is 1.62. The number of hydrogen-bond acceptors (Lipinski definition) is 3. The first-order chi connectivity index (χ1) is 8.38. The van der Waals surface area contributed by atoms with Crippen LogP contribution in [0.1, 0.15) is 25.2 Å². The molecule has 0 saturated carbocycles. The minimum atomic E-state index is -1.09. The zero-order chi connectivity index (χ0) is 13.3. The van der Waals surface area contributed by atoms with Crippen molar-refractivity contribution < 1.29 is 9.50 Å². The predicted molar refractivity (Wildman–Crippen MR) is 67.4 cm³/mol. The number of aromatic nitrogens is 2. The number of halogens is 1. The van der Waals surface area contributed by atoms with E-state index >= 15 is 0 Å². The fourth-order valence-electron chi connectivity index (χ4n) is 1.62. The van der Waals surface area contributed by atoms with E-state index < -0.39 is 5.60 Å². The van der Waals surface area contributed by atoms with Gasteiger partial charge >= 0.3 is 0 Å². The van der Waals surface area contributed by atoms with E-state index in [1.165, 1.54) is 6.07 Å². The third-order valence-corrected chi connectivity index (χ3v) is 2.66. The van der Waals surface area contributed by atoms with Crippen molar-refractivity contribution in [3.05, 3.63) is 47.7 Å². The van der Waals surface area contributed by atoms with Gasteiger partial charge in [-0.25, -0.2) is 14.4 Å².